The number of thiophene rings is 6. The molecule has 0 aliphatic heterocycles. The standard InChI is InChI=1S/C48H34O2S6/c1-3-11-35-31(9-1)17-19-37(49-23-21-33-29-43(39-13-5-25-51-39)55-47(33)41-15-7-27-53-41)45(35)46-36-12-4-2-10-32(36)18-20-38(46)50-24-22-34-30-44(40-14-6-26-52-40)56-48(34)42-16-8-28-54-42/h1-20,25-30H,21-24H2. The molecule has 2 nitrogen and oxygen atoms in total. The summed E-state index contributed by atoms with van der Waals surface area (Å²) in [5.74, 6) is 1.74. The summed E-state index contributed by atoms with van der Waals surface area (Å²) in [7, 11) is 0. The summed E-state index contributed by atoms with van der Waals surface area (Å²) in [4.78, 5) is 10.5. The van der Waals surface area contributed by atoms with Crippen LogP contribution in [0.5, 0.6) is 11.5 Å². The highest BCUT2D eigenvalue weighted by molar-refractivity contribution is 7.26. The lowest BCUT2D eigenvalue weighted by molar-refractivity contribution is 0.319. The molecule has 6 heterocycles. The van der Waals surface area contributed by atoms with Crippen LogP contribution >= 0.6 is 68.0 Å². The lowest BCUT2D eigenvalue weighted by Crippen LogP contribution is -2.05. The summed E-state index contributed by atoms with van der Waals surface area (Å²) in [6.45, 7) is 1.11. The second kappa shape index (κ2) is 16.0. The molecule has 0 radical (unpaired) electrons. The Labute approximate surface area is 350 Å². The Hall–Kier alpha value is -4.80. The van der Waals surface area contributed by atoms with Gasteiger partial charge >= 0.3 is 0 Å². The smallest absolute Gasteiger partial charge is 0.127 e. The van der Waals surface area contributed by atoms with Crippen molar-refractivity contribution in [1.29, 1.82) is 0 Å². The average molecular weight is 835 g/mol. The maximum absolute atomic E-state index is 6.91. The number of hydrogen-bond donors (Lipinski definition) is 0. The van der Waals surface area contributed by atoms with Crippen LogP contribution in [0.15, 0.2) is 155 Å². The molecule has 0 spiro atoms. The third kappa shape index (κ3) is 7.06. The van der Waals surface area contributed by atoms with Gasteiger partial charge in [0.05, 0.1) is 13.2 Å². The van der Waals surface area contributed by atoms with Crippen LogP contribution in [-0.4, -0.2) is 13.2 Å². The Bertz CT molecular complexity index is 2660. The zero-order chi connectivity index (χ0) is 37.3. The maximum Gasteiger partial charge on any atom is 0.127 e. The minimum absolute atomic E-state index is 0.557. The molecule has 8 heteroatoms. The molecule has 56 heavy (non-hydrogen) atoms. The Morgan fingerprint density at radius 2 is 0.786 bits per heavy atom. The van der Waals surface area contributed by atoms with Crippen molar-refractivity contribution in [3.8, 4) is 61.6 Å². The van der Waals surface area contributed by atoms with E-state index < -0.39 is 0 Å². The first-order chi connectivity index (χ1) is 27.8. The Kier molecular flexibility index (Phi) is 10.2. The van der Waals surface area contributed by atoms with Crippen LogP contribution in [0.2, 0.25) is 0 Å². The van der Waals surface area contributed by atoms with E-state index in [0.717, 1.165) is 46.2 Å². The number of rotatable bonds is 13. The van der Waals surface area contributed by atoms with E-state index in [-0.39, 0.29) is 0 Å². The molecule has 6 aromatic heterocycles. The summed E-state index contributed by atoms with van der Waals surface area (Å²) in [6.07, 6.45) is 1.61. The molecule has 10 aromatic rings. The number of fused-ring (bicyclic) bond motifs is 2. The summed E-state index contributed by atoms with van der Waals surface area (Å²) in [5.41, 5.74) is 4.81. The van der Waals surface area contributed by atoms with Crippen LogP contribution in [-0.2, 0) is 12.8 Å². The molecule has 0 aliphatic carbocycles. The lowest BCUT2D eigenvalue weighted by atomic mass is 9.92. The van der Waals surface area contributed by atoms with Crippen LogP contribution < -0.4 is 9.47 Å². The van der Waals surface area contributed by atoms with Crippen molar-refractivity contribution in [2.24, 2.45) is 0 Å². The number of ether oxygens (including phenoxy) is 2. The number of hydrogen-bond acceptors (Lipinski definition) is 8. The molecule has 10 rings (SSSR count). The van der Waals surface area contributed by atoms with Gasteiger partial charge in [-0.05, 0) is 103 Å². The Balaban J connectivity index is 0.997. The van der Waals surface area contributed by atoms with E-state index in [1.165, 1.54) is 60.9 Å². The maximum atomic E-state index is 6.91. The van der Waals surface area contributed by atoms with Crippen molar-refractivity contribution >= 4 is 89.6 Å². The van der Waals surface area contributed by atoms with E-state index in [1.807, 2.05) is 22.7 Å². The van der Waals surface area contributed by atoms with Crippen molar-refractivity contribution in [3.63, 3.8) is 0 Å². The minimum atomic E-state index is 0.557. The molecule has 0 saturated heterocycles. The third-order valence-corrected chi connectivity index (χ3v) is 16.5. The molecule has 4 aromatic carbocycles. The molecule has 0 bridgehead atoms. The van der Waals surface area contributed by atoms with Gasteiger partial charge in [-0.15, -0.1) is 68.0 Å². The summed E-state index contributed by atoms with van der Waals surface area (Å²) < 4.78 is 13.8. The lowest BCUT2D eigenvalue weighted by Gasteiger charge is -2.20. The molecule has 0 atom stereocenters. The molecule has 0 fully saturated rings. The van der Waals surface area contributed by atoms with E-state index >= 15 is 0 Å². The highest BCUT2D eigenvalue weighted by atomic mass is 32.1. The first-order valence-corrected chi connectivity index (χ1v) is 23.6. The van der Waals surface area contributed by atoms with Crippen molar-refractivity contribution < 1.29 is 9.47 Å². The number of benzene rings is 4. The normalized spacial score (nSPS) is 11.5. The van der Waals surface area contributed by atoms with Crippen molar-refractivity contribution in [2.75, 3.05) is 13.2 Å². The topological polar surface area (TPSA) is 18.5 Å². The summed E-state index contributed by atoms with van der Waals surface area (Å²) in [5, 5.41) is 13.3. The van der Waals surface area contributed by atoms with Crippen LogP contribution in [0.25, 0.3) is 71.7 Å². The SMILES string of the molecule is c1csc(-c2cc(CCOc3ccc4ccccc4c3-c3c(OCCc4cc(-c5cccs5)sc4-c4cccs4)ccc4ccccc34)c(-c3cccs3)s2)c1. The van der Waals surface area contributed by atoms with Crippen LogP contribution in [0.1, 0.15) is 11.1 Å². The van der Waals surface area contributed by atoms with Gasteiger partial charge in [0.2, 0.25) is 0 Å². The molecule has 0 amide bonds. The summed E-state index contributed by atoms with van der Waals surface area (Å²) in [6, 6.07) is 48.1. The zero-order valence-corrected chi connectivity index (χ0v) is 35.0. The van der Waals surface area contributed by atoms with Gasteiger partial charge in [-0.25, -0.2) is 0 Å². The summed E-state index contributed by atoms with van der Waals surface area (Å²) >= 11 is 11.0. The first kappa shape index (κ1) is 35.6. The van der Waals surface area contributed by atoms with Crippen molar-refractivity contribution in [1.82, 2.24) is 0 Å². The molecule has 0 aliphatic rings. The molecular formula is C48H34O2S6. The fourth-order valence-corrected chi connectivity index (χ4v) is 13.2. The second-order valence-corrected chi connectivity index (χ2v) is 19.3. The van der Waals surface area contributed by atoms with Gasteiger partial charge in [0, 0.05) is 63.0 Å². The van der Waals surface area contributed by atoms with Crippen LogP contribution in [0, 0.1) is 0 Å². The molecule has 274 valence electrons. The Morgan fingerprint density at radius 3 is 1.20 bits per heavy atom. The zero-order valence-electron chi connectivity index (χ0n) is 30.1. The molecule has 0 unspecified atom stereocenters. The predicted molar refractivity (Wildman–Crippen MR) is 247 cm³/mol. The van der Waals surface area contributed by atoms with Gasteiger partial charge in [-0.3, -0.25) is 0 Å². The quantitative estimate of drug-likeness (QED) is 0.115. The monoisotopic (exact) mass is 834 g/mol. The fourth-order valence-electron chi connectivity index (χ4n) is 7.34. The van der Waals surface area contributed by atoms with Crippen LogP contribution in [0.4, 0.5) is 0 Å². The molecule has 0 N–H and O–H groups in total. The highest BCUT2D eigenvalue weighted by Gasteiger charge is 2.21. The second-order valence-electron chi connectivity index (χ2n) is 13.4. The van der Waals surface area contributed by atoms with Gasteiger partial charge in [0.25, 0.3) is 0 Å². The van der Waals surface area contributed by atoms with E-state index in [9.17, 15) is 0 Å². The minimum Gasteiger partial charge on any atom is -0.493 e. The molecule has 0 saturated carbocycles. The van der Waals surface area contributed by atoms with Gasteiger partial charge in [0.15, 0.2) is 0 Å². The largest absolute Gasteiger partial charge is 0.493 e. The predicted octanol–water partition coefficient (Wildman–Crippen LogP) is 15.9. The van der Waals surface area contributed by atoms with Crippen molar-refractivity contribution in [3.05, 3.63) is 166 Å². The van der Waals surface area contributed by atoms with Gasteiger partial charge < -0.3 is 9.47 Å². The van der Waals surface area contributed by atoms with Gasteiger partial charge in [-0.2, -0.15) is 0 Å². The van der Waals surface area contributed by atoms with E-state index in [4.69, 9.17) is 9.47 Å². The third-order valence-electron chi connectivity index (χ3n) is 9.93. The Morgan fingerprint density at radius 1 is 0.375 bits per heavy atom. The highest BCUT2D eigenvalue weighted by Crippen LogP contribution is 2.47. The van der Waals surface area contributed by atoms with E-state index in [2.05, 4.69) is 155 Å². The van der Waals surface area contributed by atoms with Crippen molar-refractivity contribution in [2.45, 2.75) is 12.8 Å². The van der Waals surface area contributed by atoms with E-state index in [1.54, 1.807) is 45.3 Å². The van der Waals surface area contributed by atoms with Crippen LogP contribution in [0.3, 0.4) is 0 Å². The average Bonchev–Trinajstić information content (AvgIpc) is 4.07. The van der Waals surface area contributed by atoms with E-state index in [0.29, 0.717) is 13.2 Å². The fraction of sp³-hybridized carbons (Fsp3) is 0.0833. The van der Waals surface area contributed by atoms with Gasteiger partial charge in [0.1, 0.15) is 11.5 Å². The van der Waals surface area contributed by atoms with Gasteiger partial charge in [-0.1, -0.05) is 84.9 Å². The first-order valence-electron chi connectivity index (χ1n) is 18.5. The molecular weight excluding hydrogens is 801 g/mol.